The van der Waals surface area contributed by atoms with Gasteiger partial charge in [0.1, 0.15) is 11.3 Å². The Labute approximate surface area is 140 Å². The highest BCUT2D eigenvalue weighted by Gasteiger charge is 2.15. The molecule has 7 nitrogen and oxygen atoms in total. The minimum atomic E-state index is 0.141. The number of nitrogen functional groups attached to an aromatic ring is 1. The van der Waals surface area contributed by atoms with Crippen molar-refractivity contribution >= 4 is 33.7 Å². The first-order valence-electron chi connectivity index (χ1n) is 8.20. The first-order valence-corrected chi connectivity index (χ1v) is 8.20. The summed E-state index contributed by atoms with van der Waals surface area (Å²) in [5.41, 5.74) is 19.6. The average molecular weight is 325 g/mol. The van der Waals surface area contributed by atoms with Crippen LogP contribution in [0.3, 0.4) is 0 Å². The van der Waals surface area contributed by atoms with Crippen molar-refractivity contribution in [3.05, 3.63) is 30.1 Å². The fourth-order valence-electron chi connectivity index (χ4n) is 3.01. The minimum Gasteiger partial charge on any atom is -0.382 e. The summed E-state index contributed by atoms with van der Waals surface area (Å²) in [4.78, 5) is 13.2. The van der Waals surface area contributed by atoms with Crippen molar-refractivity contribution in [3.8, 4) is 0 Å². The number of para-hydroxylation sites is 1. The molecule has 6 N–H and O–H groups in total. The average Bonchev–Trinajstić information content (AvgIpc) is 2.94. The number of pyridine rings is 1. The van der Waals surface area contributed by atoms with E-state index in [9.17, 15) is 0 Å². The zero-order valence-corrected chi connectivity index (χ0v) is 13.9. The molecule has 126 valence electrons. The van der Waals surface area contributed by atoms with E-state index in [0.717, 1.165) is 53.6 Å². The van der Waals surface area contributed by atoms with Crippen LogP contribution in [0.15, 0.2) is 29.3 Å². The Kier molecular flexibility index (Phi) is 4.50. The Morgan fingerprint density at radius 1 is 1.17 bits per heavy atom. The fourth-order valence-corrected chi connectivity index (χ4v) is 3.01. The van der Waals surface area contributed by atoms with Crippen molar-refractivity contribution in [1.29, 1.82) is 0 Å². The van der Waals surface area contributed by atoms with Crippen molar-refractivity contribution in [2.24, 2.45) is 16.5 Å². The molecule has 1 aromatic carbocycles. The third-order valence-electron chi connectivity index (χ3n) is 4.09. The van der Waals surface area contributed by atoms with E-state index in [-0.39, 0.29) is 5.96 Å². The summed E-state index contributed by atoms with van der Waals surface area (Å²) in [7, 11) is 0. The van der Waals surface area contributed by atoms with Gasteiger partial charge in [-0.3, -0.25) is 4.99 Å². The SMILES string of the molecule is CCc1nc2c(N)nc3ccccc3c2n1CCCCN=C(N)N. The summed E-state index contributed by atoms with van der Waals surface area (Å²) >= 11 is 0. The van der Waals surface area contributed by atoms with Crippen LogP contribution in [0.2, 0.25) is 0 Å². The summed E-state index contributed by atoms with van der Waals surface area (Å²) < 4.78 is 2.26. The maximum absolute atomic E-state index is 6.14. The Bertz CT molecular complexity index is 891. The number of nitrogens with zero attached hydrogens (tertiary/aromatic N) is 4. The van der Waals surface area contributed by atoms with Gasteiger partial charge >= 0.3 is 0 Å². The molecule has 3 aromatic rings. The number of guanidine groups is 1. The number of aromatic nitrogens is 3. The van der Waals surface area contributed by atoms with E-state index >= 15 is 0 Å². The van der Waals surface area contributed by atoms with Crippen molar-refractivity contribution in [2.75, 3.05) is 12.3 Å². The van der Waals surface area contributed by atoms with Gasteiger partial charge in [-0.15, -0.1) is 0 Å². The van der Waals surface area contributed by atoms with Gasteiger partial charge in [-0.25, -0.2) is 9.97 Å². The van der Waals surface area contributed by atoms with Gasteiger partial charge in [-0.1, -0.05) is 25.1 Å². The van der Waals surface area contributed by atoms with Crippen molar-refractivity contribution in [1.82, 2.24) is 14.5 Å². The van der Waals surface area contributed by atoms with Gasteiger partial charge in [-0.2, -0.15) is 0 Å². The number of hydrogen-bond acceptors (Lipinski definition) is 4. The van der Waals surface area contributed by atoms with Gasteiger partial charge in [0.2, 0.25) is 0 Å². The van der Waals surface area contributed by atoms with Gasteiger partial charge in [0.25, 0.3) is 0 Å². The number of nitrogens with two attached hydrogens (primary N) is 3. The Hall–Kier alpha value is -2.83. The van der Waals surface area contributed by atoms with Crippen LogP contribution in [0.1, 0.15) is 25.6 Å². The molecule has 0 unspecified atom stereocenters. The zero-order chi connectivity index (χ0) is 17.1. The lowest BCUT2D eigenvalue weighted by Gasteiger charge is -2.09. The lowest BCUT2D eigenvalue weighted by Crippen LogP contribution is -2.23. The first-order chi connectivity index (χ1) is 11.6. The Balaban J connectivity index is 2.00. The monoisotopic (exact) mass is 325 g/mol. The van der Waals surface area contributed by atoms with Gasteiger partial charge in [-0.05, 0) is 18.9 Å². The molecular weight excluding hydrogens is 302 g/mol. The van der Waals surface area contributed by atoms with Crippen LogP contribution < -0.4 is 17.2 Å². The van der Waals surface area contributed by atoms with E-state index in [2.05, 4.69) is 27.5 Å². The maximum atomic E-state index is 6.14. The normalized spacial score (nSPS) is 11.2. The standard InChI is InChI=1S/C17H23N7/c1-2-13-23-14-15(24(13)10-6-5-9-21-17(19)20)11-7-3-4-8-12(11)22-16(14)18/h3-4,7-8H,2,5-6,9-10H2,1H3,(H2,18,22)(H4,19,20,21). The van der Waals surface area contributed by atoms with E-state index in [4.69, 9.17) is 22.2 Å². The summed E-state index contributed by atoms with van der Waals surface area (Å²) in [6, 6.07) is 8.03. The lowest BCUT2D eigenvalue weighted by atomic mass is 10.2. The van der Waals surface area contributed by atoms with Gasteiger partial charge in [0.15, 0.2) is 11.8 Å². The second kappa shape index (κ2) is 6.74. The van der Waals surface area contributed by atoms with Crippen LogP contribution in [0, 0.1) is 0 Å². The molecule has 0 aliphatic rings. The molecule has 3 rings (SSSR count). The first kappa shape index (κ1) is 16.0. The van der Waals surface area contributed by atoms with E-state index < -0.39 is 0 Å². The molecule has 0 aliphatic carbocycles. The number of aryl methyl sites for hydroxylation is 2. The van der Waals surface area contributed by atoms with Crippen LogP contribution in [0.5, 0.6) is 0 Å². The minimum absolute atomic E-state index is 0.141. The van der Waals surface area contributed by atoms with E-state index in [0.29, 0.717) is 12.4 Å². The highest BCUT2D eigenvalue weighted by Crippen LogP contribution is 2.29. The number of imidazole rings is 1. The molecule has 0 amide bonds. The molecule has 2 aromatic heterocycles. The third kappa shape index (κ3) is 2.97. The summed E-state index contributed by atoms with van der Waals surface area (Å²) in [5.74, 6) is 1.65. The molecule has 0 radical (unpaired) electrons. The quantitative estimate of drug-likeness (QED) is 0.362. The van der Waals surface area contributed by atoms with Crippen LogP contribution in [-0.4, -0.2) is 27.0 Å². The molecule has 24 heavy (non-hydrogen) atoms. The summed E-state index contributed by atoms with van der Waals surface area (Å²) in [6.07, 6.45) is 2.72. The highest BCUT2D eigenvalue weighted by molar-refractivity contribution is 6.06. The number of aliphatic imine (C=N–C) groups is 1. The van der Waals surface area contributed by atoms with Gasteiger partial charge in [0.05, 0.1) is 11.0 Å². The third-order valence-corrected chi connectivity index (χ3v) is 4.09. The van der Waals surface area contributed by atoms with Gasteiger partial charge in [0, 0.05) is 24.9 Å². The Morgan fingerprint density at radius 3 is 2.71 bits per heavy atom. The van der Waals surface area contributed by atoms with Crippen LogP contribution in [0.25, 0.3) is 21.9 Å². The topological polar surface area (TPSA) is 121 Å². The molecule has 0 atom stereocenters. The molecule has 0 aliphatic heterocycles. The predicted octanol–water partition coefficient (Wildman–Crippen LogP) is 1.78. The van der Waals surface area contributed by atoms with E-state index in [1.54, 1.807) is 0 Å². The highest BCUT2D eigenvalue weighted by atomic mass is 15.1. The number of rotatable bonds is 6. The number of anilines is 1. The molecule has 7 heteroatoms. The second-order valence-electron chi connectivity index (χ2n) is 5.76. The smallest absolute Gasteiger partial charge is 0.185 e. The molecule has 0 fully saturated rings. The van der Waals surface area contributed by atoms with E-state index in [1.807, 2.05) is 18.2 Å². The number of unbranched alkanes of at least 4 members (excludes halogenated alkanes) is 1. The maximum Gasteiger partial charge on any atom is 0.185 e. The summed E-state index contributed by atoms with van der Waals surface area (Å²) in [5, 5.41) is 1.08. The number of benzene rings is 1. The largest absolute Gasteiger partial charge is 0.382 e. The zero-order valence-electron chi connectivity index (χ0n) is 13.9. The van der Waals surface area contributed by atoms with Gasteiger partial charge < -0.3 is 21.8 Å². The van der Waals surface area contributed by atoms with Crippen molar-refractivity contribution < 1.29 is 0 Å². The lowest BCUT2D eigenvalue weighted by molar-refractivity contribution is 0.606. The number of hydrogen-bond donors (Lipinski definition) is 3. The molecule has 0 spiro atoms. The molecule has 0 saturated heterocycles. The number of fused-ring (bicyclic) bond motifs is 3. The van der Waals surface area contributed by atoms with Crippen molar-refractivity contribution in [2.45, 2.75) is 32.7 Å². The Morgan fingerprint density at radius 2 is 1.96 bits per heavy atom. The second-order valence-corrected chi connectivity index (χ2v) is 5.76. The predicted molar refractivity (Wildman–Crippen MR) is 98.7 cm³/mol. The molecular formula is C17H23N7. The van der Waals surface area contributed by atoms with E-state index in [1.165, 1.54) is 0 Å². The molecule has 0 bridgehead atoms. The molecule has 2 heterocycles. The van der Waals surface area contributed by atoms with Crippen molar-refractivity contribution in [3.63, 3.8) is 0 Å². The van der Waals surface area contributed by atoms with Crippen LogP contribution >= 0.6 is 0 Å². The summed E-state index contributed by atoms with van der Waals surface area (Å²) in [6.45, 7) is 3.59. The molecule has 0 saturated carbocycles. The van der Waals surface area contributed by atoms with Crippen LogP contribution in [-0.2, 0) is 13.0 Å². The fraction of sp³-hybridized carbons (Fsp3) is 0.353. The van der Waals surface area contributed by atoms with Crippen LogP contribution in [0.4, 0.5) is 5.82 Å².